The number of carbonyl (C=O) groups excluding carboxylic acids is 1. The van der Waals surface area contributed by atoms with Crippen LogP contribution in [0.2, 0.25) is 0 Å². The van der Waals surface area contributed by atoms with Crippen LogP contribution in [0.25, 0.3) is 5.82 Å². The van der Waals surface area contributed by atoms with E-state index in [1.807, 2.05) is 24.3 Å². The minimum absolute atomic E-state index is 0.00638. The Morgan fingerprint density at radius 3 is 3.04 bits per heavy atom. The summed E-state index contributed by atoms with van der Waals surface area (Å²) in [5.74, 6) is -0.447. The van der Waals surface area contributed by atoms with Gasteiger partial charge in [-0.1, -0.05) is 33.3 Å². The summed E-state index contributed by atoms with van der Waals surface area (Å²) >= 11 is 3.36. The van der Waals surface area contributed by atoms with Gasteiger partial charge in [-0.25, -0.2) is 10.1 Å². The summed E-state index contributed by atoms with van der Waals surface area (Å²) in [5, 5.41) is 18.7. The molecule has 1 aromatic carbocycles. The smallest absolute Gasteiger partial charge is 0.293 e. The molecule has 11 nitrogen and oxygen atoms in total. The number of hydrazone groups is 1. The standard InChI is InChI=1S/C14H13BrN8O3/c1-25-7-10-11(18-22-23(10)13-12(16)20-26-21-13)14(24)19-17-6-8-3-2-4-9(15)5-8/h2-6H,7H2,1H3,(H2,16,20)(H,19,24)/b17-6-. The minimum Gasteiger partial charge on any atom is -0.378 e. The summed E-state index contributed by atoms with van der Waals surface area (Å²) in [4.78, 5) is 12.4. The second kappa shape index (κ2) is 7.84. The first-order chi connectivity index (χ1) is 12.6. The van der Waals surface area contributed by atoms with E-state index >= 15 is 0 Å². The molecule has 12 heteroatoms. The van der Waals surface area contributed by atoms with E-state index in [0.29, 0.717) is 5.69 Å². The van der Waals surface area contributed by atoms with Crippen molar-refractivity contribution in [3.05, 3.63) is 45.7 Å². The Labute approximate surface area is 155 Å². The predicted octanol–water partition coefficient (Wildman–Crippen LogP) is 0.905. The third kappa shape index (κ3) is 3.75. The quantitative estimate of drug-likeness (QED) is 0.441. The summed E-state index contributed by atoms with van der Waals surface area (Å²) in [7, 11) is 1.47. The molecule has 0 atom stereocenters. The third-order valence-corrected chi connectivity index (χ3v) is 3.68. The molecule has 3 N–H and O–H groups in total. The lowest BCUT2D eigenvalue weighted by Gasteiger charge is -2.03. The van der Waals surface area contributed by atoms with Crippen molar-refractivity contribution in [2.24, 2.45) is 5.10 Å². The third-order valence-electron chi connectivity index (χ3n) is 3.18. The Morgan fingerprint density at radius 2 is 2.35 bits per heavy atom. The number of ether oxygens (including phenoxy) is 1. The van der Waals surface area contributed by atoms with Gasteiger partial charge in [0.2, 0.25) is 11.6 Å². The molecule has 0 aliphatic heterocycles. The maximum Gasteiger partial charge on any atom is 0.293 e. The molecule has 2 heterocycles. The lowest BCUT2D eigenvalue weighted by molar-refractivity contribution is 0.0944. The van der Waals surface area contributed by atoms with Gasteiger partial charge in [0.15, 0.2) is 5.69 Å². The van der Waals surface area contributed by atoms with E-state index in [9.17, 15) is 4.79 Å². The molecule has 3 aromatic rings. The van der Waals surface area contributed by atoms with Gasteiger partial charge in [-0.05, 0) is 28.0 Å². The molecule has 0 saturated carbocycles. The SMILES string of the molecule is COCc1c(C(=O)N/N=C\c2cccc(Br)c2)nnn1-c1nonc1N. The monoisotopic (exact) mass is 420 g/mol. The van der Waals surface area contributed by atoms with Crippen molar-refractivity contribution in [3.8, 4) is 5.82 Å². The van der Waals surface area contributed by atoms with Crippen molar-refractivity contribution >= 4 is 33.9 Å². The number of amides is 1. The highest BCUT2D eigenvalue weighted by Gasteiger charge is 2.23. The Hall–Kier alpha value is -3.12. The number of nitrogens with two attached hydrogens (primary N) is 1. The second-order valence-corrected chi connectivity index (χ2v) is 5.87. The zero-order valence-electron chi connectivity index (χ0n) is 13.5. The van der Waals surface area contributed by atoms with Crippen molar-refractivity contribution in [3.63, 3.8) is 0 Å². The fourth-order valence-corrected chi connectivity index (χ4v) is 2.47. The van der Waals surface area contributed by atoms with Crippen LogP contribution < -0.4 is 11.2 Å². The van der Waals surface area contributed by atoms with Gasteiger partial charge in [0.1, 0.15) is 5.69 Å². The van der Waals surface area contributed by atoms with E-state index in [4.69, 9.17) is 10.5 Å². The van der Waals surface area contributed by atoms with Crippen molar-refractivity contribution < 1.29 is 14.2 Å². The maximum atomic E-state index is 12.4. The minimum atomic E-state index is -0.565. The number of anilines is 1. The molecule has 0 aliphatic carbocycles. The van der Waals surface area contributed by atoms with Crippen LogP contribution in [0.1, 0.15) is 21.7 Å². The Morgan fingerprint density at radius 1 is 1.50 bits per heavy atom. The molecule has 0 aliphatic rings. The number of benzene rings is 1. The summed E-state index contributed by atoms with van der Waals surface area (Å²) in [6.07, 6.45) is 1.50. The zero-order valence-corrected chi connectivity index (χ0v) is 15.0. The first-order valence-electron chi connectivity index (χ1n) is 7.21. The average molecular weight is 421 g/mol. The Bertz CT molecular complexity index is 951. The van der Waals surface area contributed by atoms with Crippen LogP contribution in [0.4, 0.5) is 5.82 Å². The number of hydrogen-bond acceptors (Lipinski definition) is 9. The van der Waals surface area contributed by atoms with Gasteiger partial charge in [0.25, 0.3) is 5.91 Å². The normalized spacial score (nSPS) is 11.2. The van der Waals surface area contributed by atoms with Crippen LogP contribution in [0.15, 0.2) is 38.5 Å². The highest BCUT2D eigenvalue weighted by molar-refractivity contribution is 9.10. The first-order valence-corrected chi connectivity index (χ1v) is 8.00. The number of nitrogens with zero attached hydrogens (tertiary/aromatic N) is 6. The number of carbonyl (C=O) groups is 1. The molecule has 0 fully saturated rings. The number of nitrogen functional groups attached to an aromatic ring is 1. The molecule has 0 bridgehead atoms. The fourth-order valence-electron chi connectivity index (χ4n) is 2.06. The van der Waals surface area contributed by atoms with Gasteiger partial charge >= 0.3 is 0 Å². The zero-order chi connectivity index (χ0) is 18.5. The molecular weight excluding hydrogens is 408 g/mol. The van der Waals surface area contributed by atoms with Crippen molar-refractivity contribution in [2.75, 3.05) is 12.8 Å². The molecule has 0 spiro atoms. The predicted molar refractivity (Wildman–Crippen MR) is 93.5 cm³/mol. The number of halogens is 1. The number of methoxy groups -OCH3 is 1. The van der Waals surface area contributed by atoms with Gasteiger partial charge < -0.3 is 10.5 Å². The molecule has 134 valence electrons. The van der Waals surface area contributed by atoms with Gasteiger partial charge in [-0.15, -0.1) is 5.10 Å². The fraction of sp³-hybridized carbons (Fsp3) is 0.143. The highest BCUT2D eigenvalue weighted by Crippen LogP contribution is 2.16. The average Bonchev–Trinajstić information content (AvgIpc) is 3.21. The number of nitrogens with one attached hydrogen (secondary N) is 1. The number of hydrogen-bond donors (Lipinski definition) is 2. The summed E-state index contributed by atoms with van der Waals surface area (Å²) in [6, 6.07) is 7.43. The summed E-state index contributed by atoms with van der Waals surface area (Å²) in [5.41, 5.74) is 9.19. The van der Waals surface area contributed by atoms with E-state index in [1.165, 1.54) is 18.0 Å². The lowest BCUT2D eigenvalue weighted by Crippen LogP contribution is -2.20. The Kier molecular flexibility index (Phi) is 5.34. The van der Waals surface area contributed by atoms with Gasteiger partial charge in [-0.2, -0.15) is 9.78 Å². The largest absolute Gasteiger partial charge is 0.378 e. The van der Waals surface area contributed by atoms with E-state index in [0.717, 1.165) is 10.0 Å². The second-order valence-electron chi connectivity index (χ2n) is 4.96. The van der Waals surface area contributed by atoms with E-state index in [2.05, 4.69) is 51.7 Å². The van der Waals surface area contributed by atoms with Crippen LogP contribution in [0.3, 0.4) is 0 Å². The Balaban J connectivity index is 1.81. The highest BCUT2D eigenvalue weighted by atomic mass is 79.9. The summed E-state index contributed by atoms with van der Waals surface area (Å²) < 4.78 is 11.8. The van der Waals surface area contributed by atoms with Gasteiger partial charge in [0.05, 0.1) is 12.8 Å². The lowest BCUT2D eigenvalue weighted by atomic mass is 10.2. The summed E-state index contributed by atoms with van der Waals surface area (Å²) in [6.45, 7) is 0.0391. The molecule has 2 aromatic heterocycles. The number of aromatic nitrogens is 5. The first kappa shape index (κ1) is 17.7. The van der Waals surface area contributed by atoms with Crippen LogP contribution in [0, 0.1) is 0 Å². The van der Waals surface area contributed by atoms with Gasteiger partial charge in [0, 0.05) is 11.6 Å². The van der Waals surface area contributed by atoms with Crippen LogP contribution in [-0.4, -0.2) is 44.5 Å². The van der Waals surface area contributed by atoms with Crippen LogP contribution >= 0.6 is 15.9 Å². The molecule has 26 heavy (non-hydrogen) atoms. The maximum absolute atomic E-state index is 12.4. The molecule has 0 saturated heterocycles. The molecule has 0 unspecified atom stereocenters. The topological polar surface area (TPSA) is 146 Å². The van der Waals surface area contributed by atoms with Crippen molar-refractivity contribution in [1.82, 2.24) is 30.7 Å². The van der Waals surface area contributed by atoms with Gasteiger partial charge in [-0.3, -0.25) is 4.79 Å². The van der Waals surface area contributed by atoms with Crippen molar-refractivity contribution in [1.29, 1.82) is 0 Å². The van der Waals surface area contributed by atoms with E-state index < -0.39 is 5.91 Å². The van der Waals surface area contributed by atoms with Crippen LogP contribution in [-0.2, 0) is 11.3 Å². The van der Waals surface area contributed by atoms with Crippen molar-refractivity contribution in [2.45, 2.75) is 6.61 Å². The molecular formula is C14H13BrN8O3. The molecule has 0 radical (unpaired) electrons. The van der Waals surface area contributed by atoms with E-state index in [-0.39, 0.29) is 23.9 Å². The van der Waals surface area contributed by atoms with E-state index in [1.54, 1.807) is 0 Å². The number of rotatable bonds is 6. The molecule has 3 rings (SSSR count). The van der Waals surface area contributed by atoms with Crippen LogP contribution in [0.5, 0.6) is 0 Å². The molecule has 1 amide bonds.